The maximum atomic E-state index is 12.4. The van der Waals surface area contributed by atoms with Crippen LogP contribution in [0, 0.1) is 12.1 Å². The lowest BCUT2D eigenvalue weighted by molar-refractivity contribution is -0.439. The number of hydrogen-bond acceptors (Lipinski definition) is 2. The van der Waals surface area contributed by atoms with Crippen LogP contribution in [0.5, 0.6) is 0 Å². The Morgan fingerprint density at radius 1 is 1.00 bits per heavy atom. The fraction of sp³-hybridized carbons (Fsp3) is 0.143. The standard InChI is InChI=1S/C14H12F3N3O/c1-10-2-8-13(9-3-10)20(21)19-18-12-6-4-11(5-7-12)14(15,16)17/h2-9,18H,1H3/b20-19-. The third-order valence-corrected chi connectivity index (χ3v) is 2.74. The monoisotopic (exact) mass is 295 g/mol. The molecule has 2 rings (SSSR count). The van der Waals surface area contributed by atoms with Gasteiger partial charge in [0.05, 0.1) is 10.8 Å². The molecule has 0 saturated carbocycles. The van der Waals surface area contributed by atoms with Crippen LogP contribution in [0.1, 0.15) is 11.1 Å². The second-order valence-corrected chi connectivity index (χ2v) is 4.40. The first-order valence-corrected chi connectivity index (χ1v) is 6.04. The number of benzene rings is 2. The Labute approximate surface area is 119 Å². The quantitative estimate of drug-likeness (QED) is 0.509. The van der Waals surface area contributed by atoms with Crippen molar-refractivity contribution in [2.24, 2.45) is 5.22 Å². The molecule has 2 aromatic carbocycles. The van der Waals surface area contributed by atoms with Crippen LogP contribution in [-0.4, -0.2) is 4.86 Å². The van der Waals surface area contributed by atoms with Crippen LogP contribution in [0.2, 0.25) is 0 Å². The minimum Gasteiger partial charge on any atom is -0.691 e. The van der Waals surface area contributed by atoms with Gasteiger partial charge in [-0.1, -0.05) is 17.7 Å². The van der Waals surface area contributed by atoms with Gasteiger partial charge in [-0.25, -0.2) is 0 Å². The molecular formula is C14H12F3N3O. The molecule has 0 aromatic heterocycles. The smallest absolute Gasteiger partial charge is 0.416 e. The van der Waals surface area contributed by atoms with Crippen molar-refractivity contribution in [2.75, 3.05) is 5.43 Å². The first-order valence-electron chi connectivity index (χ1n) is 6.04. The highest BCUT2D eigenvalue weighted by atomic mass is 19.4. The first kappa shape index (κ1) is 14.8. The van der Waals surface area contributed by atoms with Gasteiger partial charge in [0.15, 0.2) is 5.69 Å². The normalized spacial score (nSPS) is 12.3. The number of hydrogen-bond donors (Lipinski definition) is 1. The Bertz CT molecular complexity index is 634. The summed E-state index contributed by atoms with van der Waals surface area (Å²) >= 11 is 0. The molecule has 0 bridgehead atoms. The summed E-state index contributed by atoms with van der Waals surface area (Å²) in [6.07, 6.45) is -4.39. The molecule has 1 N–H and O–H groups in total. The highest BCUT2D eigenvalue weighted by Gasteiger charge is 2.30. The van der Waals surface area contributed by atoms with E-state index in [1.807, 2.05) is 6.92 Å². The Balaban J connectivity index is 2.08. The molecule has 0 radical (unpaired) electrons. The topological polar surface area (TPSA) is 50.5 Å². The van der Waals surface area contributed by atoms with Crippen LogP contribution in [-0.2, 0) is 6.18 Å². The van der Waals surface area contributed by atoms with Crippen LogP contribution in [0.15, 0.2) is 53.8 Å². The van der Waals surface area contributed by atoms with E-state index in [0.717, 1.165) is 17.7 Å². The average molecular weight is 295 g/mol. The van der Waals surface area contributed by atoms with Crippen molar-refractivity contribution in [1.29, 1.82) is 0 Å². The molecule has 7 heteroatoms. The molecule has 2 aromatic rings. The van der Waals surface area contributed by atoms with Crippen LogP contribution in [0.3, 0.4) is 0 Å². The van der Waals surface area contributed by atoms with Gasteiger partial charge in [-0.3, -0.25) is 0 Å². The Morgan fingerprint density at radius 2 is 1.57 bits per heavy atom. The van der Waals surface area contributed by atoms with Crippen LogP contribution in [0.4, 0.5) is 24.5 Å². The van der Waals surface area contributed by atoms with E-state index in [1.54, 1.807) is 24.3 Å². The van der Waals surface area contributed by atoms with E-state index in [0.29, 0.717) is 10.5 Å². The van der Waals surface area contributed by atoms with E-state index in [-0.39, 0.29) is 5.69 Å². The summed E-state index contributed by atoms with van der Waals surface area (Å²) in [5, 5.41) is 15.2. The molecule has 0 atom stereocenters. The number of nitrogens with zero attached hydrogens (tertiary/aromatic N) is 2. The zero-order chi connectivity index (χ0) is 15.5. The van der Waals surface area contributed by atoms with E-state index < -0.39 is 11.7 Å². The van der Waals surface area contributed by atoms with Gasteiger partial charge in [-0.15, -0.1) is 10.3 Å². The lowest BCUT2D eigenvalue weighted by Crippen LogP contribution is -2.04. The van der Waals surface area contributed by atoms with Gasteiger partial charge in [0.1, 0.15) is 5.69 Å². The van der Waals surface area contributed by atoms with Crippen LogP contribution < -0.4 is 5.43 Å². The molecule has 0 amide bonds. The van der Waals surface area contributed by atoms with Crippen molar-refractivity contribution in [3.8, 4) is 0 Å². The Kier molecular flexibility index (Phi) is 4.11. The minimum atomic E-state index is -4.39. The molecular weight excluding hydrogens is 283 g/mol. The van der Waals surface area contributed by atoms with Crippen LogP contribution in [0.25, 0.3) is 0 Å². The Hall–Kier alpha value is -2.57. The maximum absolute atomic E-state index is 12.4. The second-order valence-electron chi connectivity index (χ2n) is 4.40. The molecule has 0 heterocycles. The molecule has 0 aliphatic carbocycles. The van der Waals surface area contributed by atoms with Gasteiger partial charge in [-0.2, -0.15) is 13.2 Å². The molecule has 4 nitrogen and oxygen atoms in total. The first-order chi connectivity index (χ1) is 9.86. The van der Waals surface area contributed by atoms with Gasteiger partial charge in [0, 0.05) is 0 Å². The summed E-state index contributed by atoms with van der Waals surface area (Å²) in [6.45, 7) is 1.89. The summed E-state index contributed by atoms with van der Waals surface area (Å²) in [7, 11) is 0. The summed E-state index contributed by atoms with van der Waals surface area (Å²) in [5.74, 6) is 0. The van der Waals surface area contributed by atoms with Crippen molar-refractivity contribution in [2.45, 2.75) is 13.1 Å². The molecule has 0 aliphatic heterocycles. The van der Waals surface area contributed by atoms with Crippen molar-refractivity contribution in [3.05, 3.63) is 64.9 Å². The average Bonchev–Trinajstić information content (AvgIpc) is 2.45. The highest BCUT2D eigenvalue weighted by Crippen LogP contribution is 2.29. The summed E-state index contributed by atoms with van der Waals surface area (Å²) < 4.78 is 37.2. The van der Waals surface area contributed by atoms with Gasteiger partial charge < -0.3 is 5.21 Å². The summed E-state index contributed by atoms with van der Waals surface area (Å²) in [6, 6.07) is 10.9. The van der Waals surface area contributed by atoms with Gasteiger partial charge in [0.2, 0.25) is 0 Å². The number of nitrogens with one attached hydrogen (secondary N) is 1. The third-order valence-electron chi connectivity index (χ3n) is 2.74. The minimum absolute atomic E-state index is 0.288. The largest absolute Gasteiger partial charge is 0.691 e. The molecule has 21 heavy (non-hydrogen) atoms. The molecule has 0 spiro atoms. The van der Waals surface area contributed by atoms with Gasteiger partial charge in [0.25, 0.3) is 0 Å². The van der Waals surface area contributed by atoms with E-state index in [2.05, 4.69) is 10.6 Å². The molecule has 0 aliphatic rings. The summed E-state index contributed by atoms with van der Waals surface area (Å²) in [5.41, 5.74) is 3.26. The van der Waals surface area contributed by atoms with Gasteiger partial charge in [-0.05, 0) is 43.3 Å². The van der Waals surface area contributed by atoms with E-state index in [1.165, 1.54) is 12.1 Å². The predicted molar refractivity (Wildman–Crippen MR) is 72.0 cm³/mol. The fourth-order valence-corrected chi connectivity index (χ4v) is 1.57. The number of rotatable bonds is 3. The number of anilines is 1. The van der Waals surface area contributed by atoms with Crippen LogP contribution >= 0.6 is 0 Å². The highest BCUT2D eigenvalue weighted by molar-refractivity contribution is 5.44. The SMILES string of the molecule is Cc1ccc(/[N+]([O-])=N/Nc2ccc(C(F)(F)F)cc2)cc1. The zero-order valence-corrected chi connectivity index (χ0v) is 11.1. The molecule has 110 valence electrons. The molecule has 0 fully saturated rings. The lowest BCUT2D eigenvalue weighted by atomic mass is 10.2. The Morgan fingerprint density at radius 3 is 2.10 bits per heavy atom. The van der Waals surface area contributed by atoms with E-state index in [4.69, 9.17) is 0 Å². The predicted octanol–water partition coefficient (Wildman–Crippen LogP) is 4.63. The summed E-state index contributed by atoms with van der Waals surface area (Å²) in [4.78, 5) is 0.358. The van der Waals surface area contributed by atoms with E-state index >= 15 is 0 Å². The van der Waals surface area contributed by atoms with E-state index in [9.17, 15) is 18.4 Å². The van der Waals surface area contributed by atoms with Crippen molar-refractivity contribution in [3.63, 3.8) is 0 Å². The second kappa shape index (κ2) is 5.82. The third kappa shape index (κ3) is 3.95. The lowest BCUT2D eigenvalue weighted by Gasteiger charge is -2.07. The van der Waals surface area contributed by atoms with Gasteiger partial charge >= 0.3 is 6.18 Å². The number of aryl methyl sites for hydroxylation is 1. The van der Waals surface area contributed by atoms with Crippen molar-refractivity contribution in [1.82, 2.24) is 0 Å². The number of alkyl halides is 3. The maximum Gasteiger partial charge on any atom is 0.416 e. The molecule has 0 saturated heterocycles. The zero-order valence-electron chi connectivity index (χ0n) is 11.1. The van der Waals surface area contributed by atoms with Crippen molar-refractivity contribution >= 4 is 11.4 Å². The number of halogens is 3. The molecule has 0 unspecified atom stereocenters. The van der Waals surface area contributed by atoms with Crippen molar-refractivity contribution < 1.29 is 18.0 Å². The fourth-order valence-electron chi connectivity index (χ4n) is 1.57.